The standard InChI is InChI=1S/C16H16N4O2S/c1-10-19-15(11-3-5-12(6-4-11)23(2,21)22)14-9-18-16-13(20(10)14)7-8-17-16/h3-9,13,16-17H,1-2H3. The molecule has 1 aromatic heterocycles. The third-order valence-corrected chi connectivity index (χ3v) is 5.35. The summed E-state index contributed by atoms with van der Waals surface area (Å²) < 4.78 is 25.3. The van der Waals surface area contributed by atoms with E-state index in [2.05, 4.69) is 25.9 Å². The van der Waals surface area contributed by atoms with Crippen LogP contribution in [0.2, 0.25) is 0 Å². The smallest absolute Gasteiger partial charge is 0.175 e. The number of benzene rings is 1. The SMILES string of the molecule is Cc1nc(-c2ccc(S(C)(=O)=O)cc2)c2n1C1C=CNC1N=C2. The Kier molecular flexibility index (Phi) is 2.96. The number of nitrogens with one attached hydrogen (secondary N) is 1. The fourth-order valence-corrected chi connectivity index (χ4v) is 3.73. The van der Waals surface area contributed by atoms with Gasteiger partial charge in [-0.3, -0.25) is 4.99 Å². The van der Waals surface area contributed by atoms with Gasteiger partial charge in [-0.2, -0.15) is 0 Å². The van der Waals surface area contributed by atoms with Crippen molar-refractivity contribution in [3.8, 4) is 11.3 Å². The Labute approximate surface area is 134 Å². The van der Waals surface area contributed by atoms with Crippen LogP contribution in [0, 0.1) is 6.92 Å². The van der Waals surface area contributed by atoms with Crippen molar-refractivity contribution in [1.29, 1.82) is 0 Å². The first kappa shape index (κ1) is 14.2. The molecule has 2 aliphatic heterocycles. The van der Waals surface area contributed by atoms with Crippen molar-refractivity contribution < 1.29 is 8.42 Å². The third-order valence-electron chi connectivity index (χ3n) is 4.22. The molecule has 1 aromatic carbocycles. The number of hydrogen-bond donors (Lipinski definition) is 1. The van der Waals surface area contributed by atoms with Gasteiger partial charge in [0.25, 0.3) is 0 Å². The van der Waals surface area contributed by atoms with Crippen LogP contribution in [0.25, 0.3) is 11.3 Å². The number of nitrogens with zero attached hydrogens (tertiary/aromatic N) is 3. The van der Waals surface area contributed by atoms with Gasteiger partial charge in [0.2, 0.25) is 0 Å². The highest BCUT2D eigenvalue weighted by atomic mass is 32.2. The maximum absolute atomic E-state index is 11.6. The van der Waals surface area contributed by atoms with Gasteiger partial charge in [0, 0.05) is 18.0 Å². The highest BCUT2D eigenvalue weighted by Crippen LogP contribution is 2.32. The van der Waals surface area contributed by atoms with Crippen molar-refractivity contribution in [1.82, 2.24) is 14.9 Å². The van der Waals surface area contributed by atoms with E-state index < -0.39 is 9.84 Å². The molecule has 0 aliphatic carbocycles. The van der Waals surface area contributed by atoms with Crippen molar-refractivity contribution in [3.63, 3.8) is 0 Å². The van der Waals surface area contributed by atoms with E-state index in [1.165, 1.54) is 6.26 Å². The molecule has 4 rings (SSSR count). The van der Waals surface area contributed by atoms with Crippen LogP contribution in [0.1, 0.15) is 17.6 Å². The van der Waals surface area contributed by atoms with Crippen LogP contribution in [0.4, 0.5) is 0 Å². The van der Waals surface area contributed by atoms with Gasteiger partial charge in [0.05, 0.1) is 22.3 Å². The lowest BCUT2D eigenvalue weighted by atomic mass is 10.1. The summed E-state index contributed by atoms with van der Waals surface area (Å²) in [7, 11) is -3.19. The summed E-state index contributed by atoms with van der Waals surface area (Å²) in [6, 6.07) is 6.95. The van der Waals surface area contributed by atoms with Crippen molar-refractivity contribution in [2.24, 2.45) is 4.99 Å². The van der Waals surface area contributed by atoms with Gasteiger partial charge in [-0.15, -0.1) is 0 Å². The molecular weight excluding hydrogens is 312 g/mol. The molecule has 0 amide bonds. The molecule has 7 heteroatoms. The number of aromatic nitrogens is 2. The Bertz CT molecular complexity index is 939. The molecule has 3 heterocycles. The molecule has 118 valence electrons. The number of sulfone groups is 1. The highest BCUT2D eigenvalue weighted by Gasteiger charge is 2.31. The van der Waals surface area contributed by atoms with Gasteiger partial charge < -0.3 is 9.88 Å². The normalized spacial score (nSPS) is 21.8. The number of imidazole rings is 1. The molecule has 2 aromatic rings. The van der Waals surface area contributed by atoms with E-state index in [1.54, 1.807) is 24.3 Å². The Morgan fingerprint density at radius 3 is 2.65 bits per heavy atom. The van der Waals surface area contributed by atoms with Crippen molar-refractivity contribution in [3.05, 3.63) is 48.1 Å². The molecule has 0 radical (unpaired) electrons. The molecule has 2 unspecified atom stereocenters. The second-order valence-electron chi connectivity index (χ2n) is 5.80. The minimum absolute atomic E-state index is 0.0239. The lowest BCUT2D eigenvalue weighted by Gasteiger charge is -2.24. The van der Waals surface area contributed by atoms with Crippen LogP contribution >= 0.6 is 0 Å². The predicted octanol–water partition coefficient (Wildman–Crippen LogP) is 1.68. The topological polar surface area (TPSA) is 76.3 Å². The fourth-order valence-electron chi connectivity index (χ4n) is 3.10. The van der Waals surface area contributed by atoms with E-state index in [1.807, 2.05) is 19.3 Å². The molecular formula is C16H16N4O2S. The van der Waals surface area contributed by atoms with E-state index in [0.717, 1.165) is 22.8 Å². The maximum atomic E-state index is 11.6. The first-order valence-corrected chi connectivity index (χ1v) is 9.19. The lowest BCUT2D eigenvalue weighted by molar-refractivity contribution is 0.463. The van der Waals surface area contributed by atoms with Gasteiger partial charge in [0.15, 0.2) is 9.84 Å². The molecule has 6 nitrogen and oxygen atoms in total. The van der Waals surface area contributed by atoms with Gasteiger partial charge in [-0.25, -0.2) is 13.4 Å². The average molecular weight is 328 g/mol. The number of rotatable bonds is 2. The van der Waals surface area contributed by atoms with E-state index in [9.17, 15) is 8.42 Å². The van der Waals surface area contributed by atoms with Crippen LogP contribution in [0.3, 0.4) is 0 Å². The first-order chi connectivity index (χ1) is 10.9. The van der Waals surface area contributed by atoms with Crippen LogP contribution in [-0.2, 0) is 9.84 Å². The molecule has 0 saturated carbocycles. The fraction of sp³-hybridized carbons (Fsp3) is 0.250. The second-order valence-corrected chi connectivity index (χ2v) is 7.81. The Balaban J connectivity index is 1.82. The summed E-state index contributed by atoms with van der Waals surface area (Å²) in [5.41, 5.74) is 2.66. The Hall–Kier alpha value is -2.41. The highest BCUT2D eigenvalue weighted by molar-refractivity contribution is 7.90. The monoisotopic (exact) mass is 328 g/mol. The van der Waals surface area contributed by atoms with Gasteiger partial charge >= 0.3 is 0 Å². The molecule has 23 heavy (non-hydrogen) atoms. The Morgan fingerprint density at radius 2 is 1.96 bits per heavy atom. The van der Waals surface area contributed by atoms with Crippen molar-refractivity contribution in [2.45, 2.75) is 24.0 Å². The summed E-state index contributed by atoms with van der Waals surface area (Å²) in [4.78, 5) is 9.52. The van der Waals surface area contributed by atoms with Crippen molar-refractivity contribution in [2.75, 3.05) is 6.26 Å². The molecule has 0 saturated heterocycles. The number of aryl methyl sites for hydroxylation is 1. The van der Waals surface area contributed by atoms with Crippen LogP contribution < -0.4 is 5.32 Å². The molecule has 1 N–H and O–H groups in total. The maximum Gasteiger partial charge on any atom is 0.175 e. The molecule has 2 atom stereocenters. The molecule has 0 spiro atoms. The third kappa shape index (κ3) is 2.19. The predicted molar refractivity (Wildman–Crippen MR) is 88.2 cm³/mol. The number of aliphatic imine (C=N–C) groups is 1. The summed E-state index contributed by atoms with van der Waals surface area (Å²) >= 11 is 0. The molecule has 2 aliphatic rings. The van der Waals surface area contributed by atoms with Gasteiger partial charge in [-0.05, 0) is 31.3 Å². The first-order valence-electron chi connectivity index (χ1n) is 7.30. The van der Waals surface area contributed by atoms with Crippen LogP contribution in [0.15, 0.2) is 46.4 Å². The Morgan fingerprint density at radius 1 is 1.22 bits per heavy atom. The van der Waals surface area contributed by atoms with Gasteiger partial charge in [-0.1, -0.05) is 12.1 Å². The zero-order valence-electron chi connectivity index (χ0n) is 12.8. The number of fused-ring (bicyclic) bond motifs is 3. The molecule has 0 bridgehead atoms. The average Bonchev–Trinajstić information content (AvgIpc) is 3.10. The van der Waals surface area contributed by atoms with Crippen molar-refractivity contribution >= 4 is 16.1 Å². The quantitative estimate of drug-likeness (QED) is 0.910. The summed E-state index contributed by atoms with van der Waals surface area (Å²) in [5.74, 6) is 0.914. The van der Waals surface area contributed by atoms with Gasteiger partial charge in [0.1, 0.15) is 12.0 Å². The largest absolute Gasteiger partial charge is 0.368 e. The van der Waals surface area contributed by atoms with E-state index >= 15 is 0 Å². The van der Waals surface area contributed by atoms with E-state index in [0.29, 0.717) is 4.90 Å². The lowest BCUT2D eigenvalue weighted by Crippen LogP contribution is -2.31. The van der Waals surface area contributed by atoms with E-state index in [-0.39, 0.29) is 12.2 Å². The zero-order valence-corrected chi connectivity index (χ0v) is 13.6. The summed E-state index contributed by atoms with van der Waals surface area (Å²) in [6.45, 7) is 1.97. The minimum atomic E-state index is -3.19. The van der Waals surface area contributed by atoms with E-state index in [4.69, 9.17) is 0 Å². The summed E-state index contributed by atoms with van der Waals surface area (Å²) in [6.07, 6.45) is 7.06. The zero-order chi connectivity index (χ0) is 16.2. The van der Waals surface area contributed by atoms with Crippen LogP contribution in [-0.4, -0.2) is 36.6 Å². The minimum Gasteiger partial charge on any atom is -0.368 e. The molecule has 0 fully saturated rings. The summed E-state index contributed by atoms with van der Waals surface area (Å²) in [5, 5.41) is 3.21. The van der Waals surface area contributed by atoms with Crippen LogP contribution in [0.5, 0.6) is 0 Å². The number of hydrogen-bond acceptors (Lipinski definition) is 5. The second kappa shape index (κ2) is 4.79.